The molecule has 11 nitrogen and oxygen atoms in total. The van der Waals surface area contributed by atoms with Crippen LogP contribution in [0.1, 0.15) is 63.3 Å². The summed E-state index contributed by atoms with van der Waals surface area (Å²) in [4.78, 5) is 37.5. The third-order valence-electron chi connectivity index (χ3n) is 8.03. The number of amides is 1. The highest BCUT2D eigenvalue weighted by Gasteiger charge is 2.41. The van der Waals surface area contributed by atoms with Crippen molar-refractivity contribution >= 4 is 11.9 Å². The number of anilines is 1. The number of aryl methyl sites for hydroxylation is 1. The van der Waals surface area contributed by atoms with Gasteiger partial charge in [0.1, 0.15) is 5.82 Å². The number of nitrogens with one attached hydrogen (secondary N) is 4. The van der Waals surface area contributed by atoms with Crippen LogP contribution in [0.25, 0.3) is 22.6 Å². The number of hydrogen-bond acceptors (Lipinski definition) is 8. The lowest BCUT2D eigenvalue weighted by Gasteiger charge is -2.37. The van der Waals surface area contributed by atoms with Gasteiger partial charge in [-0.15, -0.1) is 0 Å². The molecule has 0 atom stereocenters. The summed E-state index contributed by atoms with van der Waals surface area (Å²) in [7, 11) is 0. The predicted molar refractivity (Wildman–Crippen MR) is 158 cm³/mol. The summed E-state index contributed by atoms with van der Waals surface area (Å²) in [6, 6.07) is 8.13. The molecule has 12 heteroatoms. The number of halogens is 1. The number of imidazole rings is 2. The van der Waals surface area contributed by atoms with Crippen molar-refractivity contribution in [1.82, 2.24) is 35.2 Å². The minimum absolute atomic E-state index is 0.0458. The molecule has 0 bridgehead atoms. The van der Waals surface area contributed by atoms with Gasteiger partial charge in [-0.3, -0.25) is 4.79 Å². The van der Waals surface area contributed by atoms with Crippen LogP contribution in [0.2, 0.25) is 0 Å². The number of ether oxygens (including phenoxy) is 2. The van der Waals surface area contributed by atoms with Gasteiger partial charge in [0.25, 0.3) is 0 Å². The van der Waals surface area contributed by atoms with Crippen molar-refractivity contribution < 1.29 is 18.7 Å². The third kappa shape index (κ3) is 6.91. The molecule has 4 N–H and O–H groups in total. The molecule has 226 valence electrons. The standard InChI is InChI=1S/C31H37FN8O3/c1-31(29(41)37-22-6-3-2-4-7-22)17-42-28(43-18-31)27-39-25(20-9-11-21(32)12-10-20)26(40-27)24-13-15-35-30(38-24)34-14-5-8-23-16-33-19-36-23/h9-13,15-16,19,22,28H,2-8,14,17-18H2,1H3,(H,33,36)(H,37,41)(H,39,40)(H,34,35,38). The molecule has 2 fully saturated rings. The Balaban J connectivity index is 1.17. The Morgan fingerprint density at radius 1 is 1.09 bits per heavy atom. The molecule has 3 aromatic heterocycles. The molecular weight excluding hydrogens is 551 g/mol. The highest BCUT2D eigenvalue weighted by Crippen LogP contribution is 2.36. The lowest BCUT2D eigenvalue weighted by molar-refractivity contribution is -0.231. The number of H-pyrrole nitrogens is 2. The molecule has 1 saturated heterocycles. The minimum atomic E-state index is -0.801. The Bertz CT molecular complexity index is 1490. The molecule has 0 radical (unpaired) electrons. The van der Waals surface area contributed by atoms with Crippen LogP contribution in [0.3, 0.4) is 0 Å². The summed E-state index contributed by atoms with van der Waals surface area (Å²) < 4.78 is 25.9. The van der Waals surface area contributed by atoms with E-state index in [0.29, 0.717) is 41.0 Å². The van der Waals surface area contributed by atoms with Gasteiger partial charge in [0.15, 0.2) is 5.82 Å². The number of carbonyl (C=O) groups is 1. The van der Waals surface area contributed by atoms with Gasteiger partial charge < -0.3 is 30.1 Å². The van der Waals surface area contributed by atoms with Crippen LogP contribution in [0.5, 0.6) is 0 Å². The first-order valence-corrected chi connectivity index (χ1v) is 14.9. The van der Waals surface area contributed by atoms with Gasteiger partial charge >= 0.3 is 0 Å². The number of carbonyl (C=O) groups excluding carboxylic acids is 1. The van der Waals surface area contributed by atoms with Crippen LogP contribution in [0.15, 0.2) is 49.1 Å². The van der Waals surface area contributed by atoms with Crippen LogP contribution >= 0.6 is 0 Å². The van der Waals surface area contributed by atoms with E-state index < -0.39 is 11.7 Å². The summed E-state index contributed by atoms with van der Waals surface area (Å²) in [6.45, 7) is 2.93. The fraction of sp³-hybridized carbons (Fsp3) is 0.452. The van der Waals surface area contributed by atoms with E-state index >= 15 is 0 Å². The summed E-state index contributed by atoms with van der Waals surface area (Å²) >= 11 is 0. The van der Waals surface area contributed by atoms with E-state index in [1.54, 1.807) is 30.7 Å². The summed E-state index contributed by atoms with van der Waals surface area (Å²) in [5.41, 5.74) is 2.79. The van der Waals surface area contributed by atoms with E-state index in [9.17, 15) is 9.18 Å². The van der Waals surface area contributed by atoms with E-state index in [1.807, 2.05) is 13.1 Å². The third-order valence-corrected chi connectivity index (χ3v) is 8.03. The van der Waals surface area contributed by atoms with Crippen LogP contribution in [0.4, 0.5) is 10.3 Å². The van der Waals surface area contributed by atoms with Crippen molar-refractivity contribution in [3.05, 3.63) is 66.4 Å². The fourth-order valence-corrected chi connectivity index (χ4v) is 5.49. The lowest BCUT2D eigenvalue weighted by atomic mass is 9.89. The number of aromatic nitrogens is 6. The molecular formula is C31H37FN8O3. The Hall–Kier alpha value is -4.16. The largest absolute Gasteiger partial charge is 0.354 e. The molecule has 43 heavy (non-hydrogen) atoms. The summed E-state index contributed by atoms with van der Waals surface area (Å²) in [6.07, 6.45) is 11.6. The molecule has 0 unspecified atom stereocenters. The summed E-state index contributed by atoms with van der Waals surface area (Å²) in [5.74, 6) is 0.537. The molecule has 1 amide bonds. The maximum atomic E-state index is 13.8. The van der Waals surface area contributed by atoms with Crippen LogP contribution in [-0.2, 0) is 20.7 Å². The van der Waals surface area contributed by atoms with Crippen molar-refractivity contribution in [3.63, 3.8) is 0 Å². The Morgan fingerprint density at radius 2 is 1.88 bits per heavy atom. The van der Waals surface area contributed by atoms with Crippen molar-refractivity contribution in [1.29, 1.82) is 0 Å². The van der Waals surface area contributed by atoms with Crippen molar-refractivity contribution in [3.8, 4) is 22.6 Å². The summed E-state index contributed by atoms with van der Waals surface area (Å²) in [5, 5.41) is 6.47. The lowest BCUT2D eigenvalue weighted by Crippen LogP contribution is -2.51. The van der Waals surface area contributed by atoms with Crippen molar-refractivity contribution in [2.75, 3.05) is 25.1 Å². The first-order chi connectivity index (χ1) is 21.0. The van der Waals surface area contributed by atoms with Gasteiger partial charge in [0, 0.05) is 36.2 Å². The van der Waals surface area contributed by atoms with Gasteiger partial charge in [0.2, 0.25) is 18.1 Å². The fourth-order valence-electron chi connectivity index (χ4n) is 5.49. The second-order valence-electron chi connectivity index (χ2n) is 11.5. The number of rotatable bonds is 10. The molecule has 4 aromatic rings. The zero-order valence-corrected chi connectivity index (χ0v) is 24.2. The monoisotopic (exact) mass is 588 g/mol. The molecule has 1 saturated carbocycles. The number of nitrogens with zero attached hydrogens (tertiary/aromatic N) is 4. The zero-order valence-electron chi connectivity index (χ0n) is 24.2. The molecule has 0 spiro atoms. The van der Waals surface area contributed by atoms with Crippen LogP contribution in [-0.4, -0.2) is 61.6 Å². The number of aromatic amines is 2. The smallest absolute Gasteiger partial charge is 0.230 e. The first-order valence-electron chi connectivity index (χ1n) is 14.9. The molecule has 1 aliphatic carbocycles. The number of hydrogen-bond donors (Lipinski definition) is 4. The second kappa shape index (κ2) is 13.0. The highest BCUT2D eigenvalue weighted by molar-refractivity contribution is 5.83. The molecule has 2 aliphatic rings. The van der Waals surface area contributed by atoms with E-state index in [2.05, 4.69) is 30.6 Å². The predicted octanol–water partition coefficient (Wildman–Crippen LogP) is 4.94. The van der Waals surface area contributed by atoms with E-state index in [1.165, 1.54) is 18.6 Å². The van der Waals surface area contributed by atoms with E-state index in [-0.39, 0.29) is 31.0 Å². The average molecular weight is 589 g/mol. The molecule has 1 aliphatic heterocycles. The van der Waals surface area contributed by atoms with Gasteiger partial charge in [-0.2, -0.15) is 0 Å². The van der Waals surface area contributed by atoms with Crippen LogP contribution in [0, 0.1) is 11.2 Å². The Labute approximate surface area is 249 Å². The molecule has 4 heterocycles. The maximum absolute atomic E-state index is 13.8. The second-order valence-corrected chi connectivity index (χ2v) is 11.5. The molecule has 1 aromatic carbocycles. The normalized spacial score (nSPS) is 21.0. The van der Waals surface area contributed by atoms with E-state index in [4.69, 9.17) is 19.4 Å². The Kier molecular flexibility index (Phi) is 8.75. The zero-order chi connectivity index (χ0) is 29.6. The first kappa shape index (κ1) is 28.9. The maximum Gasteiger partial charge on any atom is 0.230 e. The van der Waals surface area contributed by atoms with Gasteiger partial charge in [0.05, 0.1) is 42.0 Å². The topological polar surface area (TPSA) is 143 Å². The quantitative estimate of drug-likeness (QED) is 0.191. The highest BCUT2D eigenvalue weighted by atomic mass is 19.1. The Morgan fingerprint density at radius 3 is 2.63 bits per heavy atom. The van der Waals surface area contributed by atoms with E-state index in [0.717, 1.165) is 44.2 Å². The SMILES string of the molecule is CC1(C(=O)NC2CCCCC2)COC(c2nc(-c3ccc(F)cc3)c(-c3ccnc(NCCCc4cnc[nH]4)n3)[nH]2)OC1. The average Bonchev–Trinajstić information content (AvgIpc) is 3.72. The van der Waals surface area contributed by atoms with Gasteiger partial charge in [-0.05, 0) is 62.9 Å². The van der Waals surface area contributed by atoms with Gasteiger partial charge in [-0.25, -0.2) is 24.3 Å². The number of benzene rings is 1. The minimum Gasteiger partial charge on any atom is -0.354 e. The molecule has 6 rings (SSSR count). The van der Waals surface area contributed by atoms with Crippen molar-refractivity contribution in [2.45, 2.75) is 64.2 Å². The van der Waals surface area contributed by atoms with Crippen LogP contribution < -0.4 is 10.6 Å². The van der Waals surface area contributed by atoms with Crippen molar-refractivity contribution in [2.24, 2.45) is 5.41 Å². The van der Waals surface area contributed by atoms with Gasteiger partial charge in [-0.1, -0.05) is 19.3 Å².